The van der Waals surface area contributed by atoms with Gasteiger partial charge in [0.1, 0.15) is 11.5 Å². The minimum Gasteiger partial charge on any atom is -0.496 e. The van der Waals surface area contributed by atoms with Crippen molar-refractivity contribution < 1.29 is 9.47 Å². The monoisotopic (exact) mass is 367 g/mol. The van der Waals surface area contributed by atoms with Crippen molar-refractivity contribution in [3.8, 4) is 11.5 Å². The number of hydrogen-bond acceptors (Lipinski definition) is 3. The van der Waals surface area contributed by atoms with E-state index < -0.39 is 0 Å². The van der Waals surface area contributed by atoms with Crippen molar-refractivity contribution >= 4 is 39.4 Å². The highest BCUT2D eigenvalue weighted by atomic mass is 79.9. The van der Waals surface area contributed by atoms with E-state index in [0.717, 1.165) is 21.3 Å². The predicted octanol–water partition coefficient (Wildman–Crippen LogP) is 5.18. The molecule has 3 nitrogen and oxygen atoms in total. The van der Waals surface area contributed by atoms with Crippen LogP contribution in [0.5, 0.6) is 11.5 Å². The number of benzene rings is 2. The van der Waals surface area contributed by atoms with E-state index in [0.29, 0.717) is 16.5 Å². The Labute approximate surface area is 137 Å². The van der Waals surface area contributed by atoms with Crippen molar-refractivity contribution in [2.75, 3.05) is 14.2 Å². The molecule has 0 aliphatic rings. The first-order valence-electron chi connectivity index (χ1n) is 6.27. The molecule has 5 heteroatoms. The van der Waals surface area contributed by atoms with Gasteiger partial charge < -0.3 is 9.47 Å². The molecule has 0 aliphatic carbocycles. The Kier molecular flexibility index (Phi) is 5.26. The average molecular weight is 369 g/mol. The molecular formula is C16H15BrClNO2. The van der Waals surface area contributed by atoms with Gasteiger partial charge in [-0.05, 0) is 46.6 Å². The number of methoxy groups -OCH3 is 2. The van der Waals surface area contributed by atoms with Crippen molar-refractivity contribution in [1.82, 2.24) is 0 Å². The van der Waals surface area contributed by atoms with Crippen molar-refractivity contribution in [3.05, 3.63) is 51.0 Å². The molecule has 110 valence electrons. The van der Waals surface area contributed by atoms with Gasteiger partial charge in [0, 0.05) is 22.9 Å². The molecular weight excluding hydrogens is 354 g/mol. The van der Waals surface area contributed by atoms with Crippen LogP contribution in [0.1, 0.15) is 11.1 Å². The van der Waals surface area contributed by atoms with E-state index in [4.69, 9.17) is 21.1 Å². The van der Waals surface area contributed by atoms with Crippen LogP contribution in [0.4, 0.5) is 5.69 Å². The third-order valence-electron chi connectivity index (χ3n) is 3.09. The van der Waals surface area contributed by atoms with Gasteiger partial charge in [-0.3, -0.25) is 4.99 Å². The highest BCUT2D eigenvalue weighted by molar-refractivity contribution is 9.10. The molecule has 0 saturated heterocycles. The zero-order valence-corrected chi connectivity index (χ0v) is 14.3. The van der Waals surface area contributed by atoms with E-state index in [1.807, 2.05) is 37.3 Å². The first kappa shape index (κ1) is 15.9. The standard InChI is InChI=1S/C16H15BrClNO2/c1-10-13(18)5-4-6-14(10)19-9-11-7-12(17)16(21-3)8-15(11)20-2/h4-9H,1-3H3. The molecule has 0 N–H and O–H groups in total. The SMILES string of the molecule is COc1cc(OC)c(C=Nc2cccc(Cl)c2C)cc1Br. The third-order valence-corrected chi connectivity index (χ3v) is 4.12. The van der Waals surface area contributed by atoms with Crippen LogP contribution in [0, 0.1) is 6.92 Å². The Morgan fingerprint density at radius 2 is 1.86 bits per heavy atom. The summed E-state index contributed by atoms with van der Waals surface area (Å²) in [6, 6.07) is 9.36. The van der Waals surface area contributed by atoms with E-state index >= 15 is 0 Å². The largest absolute Gasteiger partial charge is 0.496 e. The summed E-state index contributed by atoms with van der Waals surface area (Å²) >= 11 is 9.56. The molecule has 0 atom stereocenters. The van der Waals surface area contributed by atoms with E-state index in [9.17, 15) is 0 Å². The molecule has 2 aromatic carbocycles. The van der Waals surface area contributed by atoms with Crippen LogP contribution in [0.3, 0.4) is 0 Å². The maximum atomic E-state index is 6.10. The molecule has 0 saturated carbocycles. The Bertz CT molecular complexity index is 686. The Morgan fingerprint density at radius 1 is 1.14 bits per heavy atom. The molecule has 2 aromatic rings. The smallest absolute Gasteiger partial charge is 0.136 e. The van der Waals surface area contributed by atoms with Gasteiger partial charge in [-0.25, -0.2) is 0 Å². The summed E-state index contributed by atoms with van der Waals surface area (Å²) in [5.41, 5.74) is 2.63. The number of aliphatic imine (C=N–C) groups is 1. The number of hydrogen-bond donors (Lipinski definition) is 0. The average Bonchev–Trinajstić information content (AvgIpc) is 2.49. The van der Waals surface area contributed by atoms with Gasteiger partial charge in [0.25, 0.3) is 0 Å². The maximum Gasteiger partial charge on any atom is 0.136 e. The van der Waals surface area contributed by atoms with E-state index in [2.05, 4.69) is 20.9 Å². The van der Waals surface area contributed by atoms with Crippen LogP contribution >= 0.6 is 27.5 Å². The van der Waals surface area contributed by atoms with Crippen molar-refractivity contribution in [3.63, 3.8) is 0 Å². The number of halogens is 2. The molecule has 0 bridgehead atoms. The minimum atomic E-state index is 0.693. The lowest BCUT2D eigenvalue weighted by Gasteiger charge is -2.09. The first-order valence-corrected chi connectivity index (χ1v) is 7.44. The number of rotatable bonds is 4. The van der Waals surface area contributed by atoms with Crippen LogP contribution in [0.15, 0.2) is 39.8 Å². The Balaban J connectivity index is 2.41. The summed E-state index contributed by atoms with van der Waals surface area (Å²) in [5, 5.41) is 0.701. The van der Waals surface area contributed by atoms with Crippen molar-refractivity contribution in [1.29, 1.82) is 0 Å². The summed E-state index contributed by atoms with van der Waals surface area (Å²) in [7, 11) is 3.23. The molecule has 0 amide bonds. The second-order valence-corrected chi connectivity index (χ2v) is 5.63. The number of nitrogens with zero attached hydrogens (tertiary/aromatic N) is 1. The molecule has 0 fully saturated rings. The lowest BCUT2D eigenvalue weighted by atomic mass is 10.2. The first-order chi connectivity index (χ1) is 10.1. The van der Waals surface area contributed by atoms with Crippen LogP contribution in [0.2, 0.25) is 5.02 Å². The summed E-state index contributed by atoms with van der Waals surface area (Å²) in [4.78, 5) is 4.49. The fourth-order valence-corrected chi connectivity index (χ4v) is 2.55. The molecule has 0 aliphatic heterocycles. The normalized spacial score (nSPS) is 10.9. The van der Waals surface area contributed by atoms with E-state index in [1.54, 1.807) is 20.4 Å². The van der Waals surface area contributed by atoms with Gasteiger partial charge in [-0.2, -0.15) is 0 Å². The number of ether oxygens (including phenoxy) is 2. The van der Waals surface area contributed by atoms with Gasteiger partial charge in [0.15, 0.2) is 0 Å². The lowest BCUT2D eigenvalue weighted by molar-refractivity contribution is 0.392. The molecule has 0 spiro atoms. The molecule has 21 heavy (non-hydrogen) atoms. The molecule has 0 aromatic heterocycles. The summed E-state index contributed by atoms with van der Waals surface area (Å²) in [6.45, 7) is 1.94. The zero-order chi connectivity index (χ0) is 15.4. The highest BCUT2D eigenvalue weighted by Crippen LogP contribution is 2.32. The quantitative estimate of drug-likeness (QED) is 0.696. The van der Waals surface area contributed by atoms with Crippen molar-refractivity contribution in [2.45, 2.75) is 6.92 Å². The molecule has 0 radical (unpaired) electrons. The molecule has 0 unspecified atom stereocenters. The van der Waals surface area contributed by atoms with E-state index in [-0.39, 0.29) is 0 Å². The fraction of sp³-hybridized carbons (Fsp3) is 0.188. The minimum absolute atomic E-state index is 0.693. The second kappa shape index (κ2) is 6.96. The van der Waals surface area contributed by atoms with Crippen LogP contribution in [-0.2, 0) is 0 Å². The van der Waals surface area contributed by atoms with Gasteiger partial charge >= 0.3 is 0 Å². The summed E-state index contributed by atoms with van der Waals surface area (Å²) in [6.07, 6.45) is 1.75. The topological polar surface area (TPSA) is 30.8 Å². The van der Waals surface area contributed by atoms with Crippen LogP contribution in [-0.4, -0.2) is 20.4 Å². The van der Waals surface area contributed by atoms with Crippen LogP contribution in [0.25, 0.3) is 0 Å². The fourth-order valence-electron chi connectivity index (χ4n) is 1.86. The summed E-state index contributed by atoms with van der Waals surface area (Å²) in [5.74, 6) is 1.40. The van der Waals surface area contributed by atoms with Gasteiger partial charge in [0.2, 0.25) is 0 Å². The molecule has 2 rings (SSSR count). The van der Waals surface area contributed by atoms with Crippen molar-refractivity contribution in [2.24, 2.45) is 4.99 Å². The molecule has 0 heterocycles. The Hall–Kier alpha value is -1.52. The van der Waals surface area contributed by atoms with E-state index in [1.165, 1.54) is 0 Å². The van der Waals surface area contributed by atoms with Gasteiger partial charge in [-0.15, -0.1) is 0 Å². The second-order valence-electron chi connectivity index (χ2n) is 4.37. The lowest BCUT2D eigenvalue weighted by Crippen LogP contribution is -1.94. The predicted molar refractivity (Wildman–Crippen MR) is 90.7 cm³/mol. The Morgan fingerprint density at radius 3 is 2.52 bits per heavy atom. The zero-order valence-electron chi connectivity index (χ0n) is 12.0. The highest BCUT2D eigenvalue weighted by Gasteiger charge is 2.08. The maximum absolute atomic E-state index is 6.10. The van der Waals surface area contributed by atoms with Gasteiger partial charge in [0.05, 0.1) is 24.4 Å². The summed E-state index contributed by atoms with van der Waals surface area (Å²) < 4.78 is 11.5. The van der Waals surface area contributed by atoms with Gasteiger partial charge in [-0.1, -0.05) is 17.7 Å². The van der Waals surface area contributed by atoms with Crippen LogP contribution < -0.4 is 9.47 Å². The third kappa shape index (κ3) is 3.57.